The lowest BCUT2D eigenvalue weighted by atomic mass is 9.79. The van der Waals surface area contributed by atoms with E-state index in [2.05, 4.69) is 5.32 Å². The number of nitrogens with one attached hydrogen (secondary N) is 1. The first kappa shape index (κ1) is 12.6. The highest BCUT2D eigenvalue weighted by Gasteiger charge is 2.43. The first-order valence-corrected chi connectivity index (χ1v) is 6.57. The predicted molar refractivity (Wildman–Crippen MR) is 69.8 cm³/mol. The Morgan fingerprint density at radius 3 is 2.43 bits per heavy atom. The zero-order valence-electron chi connectivity index (χ0n) is 10.8. The maximum absolute atomic E-state index is 12.2. The molecular weight excluding hydrogens is 278 g/mol. The first-order valence-electron chi connectivity index (χ1n) is 6.57. The number of aliphatic hydroxyl groups excluding tert-OH is 3. The van der Waals surface area contributed by atoms with Crippen molar-refractivity contribution in [1.29, 1.82) is 0 Å². The molecule has 0 radical (unpaired) electrons. The number of carbonyl (C=O) groups excluding carboxylic acids is 1. The topological polar surface area (TPSA) is 108 Å². The van der Waals surface area contributed by atoms with E-state index >= 15 is 0 Å². The molecule has 2 aliphatic heterocycles. The molecule has 0 fully saturated rings. The number of carbonyl (C=O) groups is 1. The molecule has 2 heterocycles. The van der Waals surface area contributed by atoms with Crippen molar-refractivity contribution in [2.75, 3.05) is 6.79 Å². The maximum atomic E-state index is 12.2. The third-order valence-corrected chi connectivity index (χ3v) is 4.08. The second-order valence-electron chi connectivity index (χ2n) is 5.30. The van der Waals surface area contributed by atoms with Crippen molar-refractivity contribution in [3.8, 4) is 11.5 Å². The molecule has 4 N–H and O–H groups in total. The molecular formula is C14H13NO6. The lowest BCUT2D eigenvalue weighted by Gasteiger charge is -2.39. The summed E-state index contributed by atoms with van der Waals surface area (Å²) in [5.41, 5.74) is 1.52. The van der Waals surface area contributed by atoms with Crippen molar-refractivity contribution < 1.29 is 29.6 Å². The van der Waals surface area contributed by atoms with Crippen molar-refractivity contribution in [2.24, 2.45) is 0 Å². The molecule has 21 heavy (non-hydrogen) atoms. The van der Waals surface area contributed by atoms with E-state index in [1.165, 1.54) is 6.08 Å². The van der Waals surface area contributed by atoms with Gasteiger partial charge in [-0.2, -0.15) is 0 Å². The van der Waals surface area contributed by atoms with Crippen LogP contribution in [-0.2, 0) is 0 Å². The normalized spacial score (nSPS) is 32.9. The average molecular weight is 291 g/mol. The minimum atomic E-state index is -1.34. The van der Waals surface area contributed by atoms with Crippen molar-refractivity contribution >= 4 is 11.5 Å². The van der Waals surface area contributed by atoms with Crippen LogP contribution in [-0.4, -0.2) is 52.4 Å². The average Bonchev–Trinajstić information content (AvgIpc) is 2.92. The highest BCUT2D eigenvalue weighted by atomic mass is 16.7. The second kappa shape index (κ2) is 4.20. The summed E-state index contributed by atoms with van der Waals surface area (Å²) in [7, 11) is 0. The lowest BCUT2D eigenvalue weighted by molar-refractivity contribution is -0.0534. The van der Waals surface area contributed by atoms with Crippen LogP contribution in [0, 0.1) is 0 Å². The SMILES string of the molecule is O=C1NC2C(=C[C@H](O)[C@@H](O)[C@H]2O)c2cc3c(cc21)OCO3. The van der Waals surface area contributed by atoms with Gasteiger partial charge in [0.2, 0.25) is 6.79 Å². The Hall–Kier alpha value is -2.09. The van der Waals surface area contributed by atoms with Gasteiger partial charge in [-0.25, -0.2) is 0 Å². The van der Waals surface area contributed by atoms with Gasteiger partial charge in [0.25, 0.3) is 5.91 Å². The second-order valence-corrected chi connectivity index (χ2v) is 5.30. The molecule has 0 saturated carbocycles. The summed E-state index contributed by atoms with van der Waals surface area (Å²) in [6.45, 7) is 0.0896. The van der Waals surface area contributed by atoms with Gasteiger partial charge in [0.1, 0.15) is 18.3 Å². The molecule has 0 aromatic heterocycles. The Morgan fingerprint density at radius 1 is 1.05 bits per heavy atom. The minimum absolute atomic E-state index is 0.0896. The molecule has 3 aliphatic rings. The van der Waals surface area contributed by atoms with Crippen molar-refractivity contribution in [1.82, 2.24) is 5.32 Å². The van der Waals surface area contributed by atoms with Gasteiger partial charge in [-0.1, -0.05) is 0 Å². The Labute approximate surface area is 119 Å². The van der Waals surface area contributed by atoms with Crippen LogP contribution in [0.1, 0.15) is 15.9 Å². The van der Waals surface area contributed by atoms with E-state index in [9.17, 15) is 20.1 Å². The van der Waals surface area contributed by atoms with Gasteiger partial charge in [0, 0.05) is 0 Å². The van der Waals surface area contributed by atoms with Gasteiger partial charge in [-0.15, -0.1) is 0 Å². The number of ether oxygens (including phenoxy) is 2. The summed E-state index contributed by atoms with van der Waals surface area (Å²) in [6.07, 6.45) is -2.36. The van der Waals surface area contributed by atoms with Crippen LogP contribution < -0.4 is 14.8 Å². The molecule has 1 aromatic carbocycles. The van der Waals surface area contributed by atoms with Gasteiger partial charge in [-0.05, 0) is 29.3 Å². The fraction of sp³-hybridized carbons (Fsp3) is 0.357. The summed E-state index contributed by atoms with van der Waals surface area (Å²) in [5, 5.41) is 32.3. The van der Waals surface area contributed by atoms with Crippen molar-refractivity contribution in [3.05, 3.63) is 29.3 Å². The Balaban J connectivity index is 1.90. The molecule has 110 valence electrons. The first-order chi connectivity index (χ1) is 10.1. The van der Waals surface area contributed by atoms with Crippen LogP contribution in [0.25, 0.3) is 5.57 Å². The van der Waals surface area contributed by atoms with Gasteiger partial charge in [0.05, 0.1) is 11.6 Å². The number of aliphatic hydroxyl groups is 3. The van der Waals surface area contributed by atoms with E-state index < -0.39 is 24.4 Å². The number of rotatable bonds is 0. The number of fused-ring (bicyclic) bond motifs is 4. The standard InChI is InChI=1S/C14H13NO6/c16-8-1-6-5-2-9-10(21-4-20-9)3-7(5)14(19)15-11(6)13(18)12(8)17/h1-3,8,11-13,16-18H,4H2,(H,15,19)/t8-,11?,12+,13-/m0/s1. The highest BCUT2D eigenvalue weighted by Crippen LogP contribution is 2.41. The quantitative estimate of drug-likeness (QED) is 0.489. The molecule has 1 aliphatic carbocycles. The fourth-order valence-corrected chi connectivity index (χ4v) is 2.98. The van der Waals surface area contributed by atoms with Crippen molar-refractivity contribution in [3.63, 3.8) is 0 Å². The molecule has 0 spiro atoms. The molecule has 4 atom stereocenters. The summed E-state index contributed by atoms with van der Waals surface area (Å²) >= 11 is 0. The van der Waals surface area contributed by atoms with Gasteiger partial charge in [0.15, 0.2) is 11.5 Å². The molecule has 4 rings (SSSR count). The smallest absolute Gasteiger partial charge is 0.252 e. The largest absolute Gasteiger partial charge is 0.454 e. The third kappa shape index (κ3) is 1.68. The molecule has 1 unspecified atom stereocenters. The van der Waals surface area contributed by atoms with Crippen LogP contribution in [0.2, 0.25) is 0 Å². The zero-order chi connectivity index (χ0) is 14.7. The van der Waals surface area contributed by atoms with Crippen LogP contribution >= 0.6 is 0 Å². The monoisotopic (exact) mass is 291 g/mol. The molecule has 7 heteroatoms. The summed E-state index contributed by atoms with van der Waals surface area (Å²) in [6, 6.07) is 2.48. The predicted octanol–water partition coefficient (Wildman–Crippen LogP) is -0.993. The van der Waals surface area contributed by atoms with Crippen LogP contribution in [0.3, 0.4) is 0 Å². The van der Waals surface area contributed by atoms with Gasteiger partial charge < -0.3 is 30.1 Å². The van der Waals surface area contributed by atoms with Crippen LogP contribution in [0.5, 0.6) is 11.5 Å². The maximum Gasteiger partial charge on any atom is 0.252 e. The number of amides is 1. The molecule has 7 nitrogen and oxygen atoms in total. The van der Waals surface area contributed by atoms with Crippen LogP contribution in [0.4, 0.5) is 0 Å². The highest BCUT2D eigenvalue weighted by molar-refractivity contribution is 6.05. The van der Waals surface area contributed by atoms with E-state index in [0.717, 1.165) is 0 Å². The summed E-state index contributed by atoms with van der Waals surface area (Å²) in [4.78, 5) is 12.2. The number of hydrogen-bond acceptors (Lipinski definition) is 6. The van der Waals surface area contributed by atoms with E-state index in [-0.39, 0.29) is 12.7 Å². The van der Waals surface area contributed by atoms with Gasteiger partial charge >= 0.3 is 0 Å². The Bertz CT molecular complexity index is 670. The molecule has 1 aromatic rings. The molecule has 0 saturated heterocycles. The zero-order valence-corrected chi connectivity index (χ0v) is 10.8. The lowest BCUT2D eigenvalue weighted by Crippen LogP contribution is -2.57. The van der Waals surface area contributed by atoms with E-state index in [1.807, 2.05) is 0 Å². The molecule has 0 bridgehead atoms. The minimum Gasteiger partial charge on any atom is -0.454 e. The van der Waals surface area contributed by atoms with E-state index in [1.54, 1.807) is 12.1 Å². The van der Waals surface area contributed by atoms with Gasteiger partial charge in [-0.3, -0.25) is 4.79 Å². The fourth-order valence-electron chi connectivity index (χ4n) is 2.98. The van der Waals surface area contributed by atoms with Crippen molar-refractivity contribution in [2.45, 2.75) is 24.4 Å². The Morgan fingerprint density at radius 2 is 1.71 bits per heavy atom. The number of hydrogen-bond donors (Lipinski definition) is 4. The Kier molecular flexibility index (Phi) is 2.53. The van der Waals surface area contributed by atoms with E-state index in [4.69, 9.17) is 9.47 Å². The summed E-state index contributed by atoms with van der Waals surface area (Å²) < 4.78 is 10.5. The molecule has 1 amide bonds. The number of benzene rings is 1. The van der Waals surface area contributed by atoms with E-state index in [0.29, 0.717) is 28.2 Å². The van der Waals surface area contributed by atoms with Crippen LogP contribution in [0.15, 0.2) is 18.2 Å². The summed E-state index contributed by atoms with van der Waals surface area (Å²) in [5.74, 6) is 0.631. The third-order valence-electron chi connectivity index (χ3n) is 4.08.